The highest BCUT2D eigenvalue weighted by molar-refractivity contribution is 6.00. The zero-order valence-corrected chi connectivity index (χ0v) is 9.49. The minimum atomic E-state index is -0.646. The van der Waals surface area contributed by atoms with Crippen molar-refractivity contribution >= 4 is 22.5 Å². The third kappa shape index (κ3) is 1.70. The van der Waals surface area contributed by atoms with Crippen molar-refractivity contribution in [1.29, 1.82) is 0 Å². The van der Waals surface area contributed by atoms with Crippen LogP contribution in [0.4, 0.5) is 5.69 Å². The first-order valence-corrected chi connectivity index (χ1v) is 5.85. The van der Waals surface area contributed by atoms with Crippen LogP contribution in [0.5, 0.6) is 0 Å². The lowest BCUT2D eigenvalue weighted by Gasteiger charge is -2.36. The molecule has 0 saturated heterocycles. The highest BCUT2D eigenvalue weighted by atomic mass is 16.2. The third-order valence-electron chi connectivity index (χ3n) is 3.51. The number of carbonyl (C=O) groups is 1. The molecule has 1 fully saturated rings. The van der Waals surface area contributed by atoms with Crippen molar-refractivity contribution in [1.82, 2.24) is 4.98 Å². The van der Waals surface area contributed by atoms with Crippen LogP contribution in [-0.4, -0.2) is 16.4 Å². The Bertz CT molecular complexity index is 569. The molecule has 1 aliphatic rings. The highest BCUT2D eigenvalue weighted by Gasteiger charge is 2.40. The van der Waals surface area contributed by atoms with Gasteiger partial charge in [-0.15, -0.1) is 0 Å². The second-order valence-electron chi connectivity index (χ2n) is 4.74. The molecular formula is C13H15N3O. The van der Waals surface area contributed by atoms with E-state index in [9.17, 15) is 4.79 Å². The Kier molecular flexibility index (Phi) is 2.19. The molecule has 3 rings (SSSR count). The normalized spacial score (nSPS) is 17.7. The van der Waals surface area contributed by atoms with Gasteiger partial charge in [0.2, 0.25) is 5.91 Å². The number of carbonyl (C=O) groups excluding carboxylic acids is 1. The zero-order valence-electron chi connectivity index (χ0n) is 9.49. The van der Waals surface area contributed by atoms with Gasteiger partial charge in [0.15, 0.2) is 0 Å². The van der Waals surface area contributed by atoms with Crippen LogP contribution in [0.2, 0.25) is 0 Å². The molecule has 0 aliphatic heterocycles. The smallest absolute Gasteiger partial charge is 0.244 e. The summed E-state index contributed by atoms with van der Waals surface area (Å²) in [5.74, 6) is -0.0707. The van der Waals surface area contributed by atoms with Gasteiger partial charge in [0.05, 0.1) is 5.54 Å². The summed E-state index contributed by atoms with van der Waals surface area (Å²) in [6.45, 7) is 0. The largest absolute Gasteiger partial charge is 0.361 e. The molecule has 1 heterocycles. The van der Waals surface area contributed by atoms with Gasteiger partial charge in [0.1, 0.15) is 0 Å². The van der Waals surface area contributed by atoms with Gasteiger partial charge in [-0.3, -0.25) is 4.79 Å². The number of aromatic amines is 1. The van der Waals surface area contributed by atoms with Crippen LogP contribution in [0.1, 0.15) is 19.3 Å². The van der Waals surface area contributed by atoms with E-state index < -0.39 is 5.54 Å². The number of rotatable bonds is 2. The summed E-state index contributed by atoms with van der Waals surface area (Å²) in [5.41, 5.74) is 7.19. The lowest BCUT2D eigenvalue weighted by molar-refractivity contribution is -0.123. The molecule has 1 amide bonds. The van der Waals surface area contributed by atoms with Crippen molar-refractivity contribution in [2.24, 2.45) is 5.73 Å². The molecule has 1 saturated carbocycles. The highest BCUT2D eigenvalue weighted by Crippen LogP contribution is 2.30. The first-order chi connectivity index (χ1) is 8.17. The number of H-pyrrole nitrogens is 1. The minimum Gasteiger partial charge on any atom is -0.361 e. The van der Waals surface area contributed by atoms with Crippen molar-refractivity contribution in [2.75, 3.05) is 5.32 Å². The molecule has 0 bridgehead atoms. The Labute approximate surface area is 99.2 Å². The fourth-order valence-electron chi connectivity index (χ4n) is 2.17. The van der Waals surface area contributed by atoms with Crippen molar-refractivity contribution < 1.29 is 4.79 Å². The molecule has 4 N–H and O–H groups in total. The molecule has 1 aromatic heterocycles. The summed E-state index contributed by atoms with van der Waals surface area (Å²) >= 11 is 0. The lowest BCUT2D eigenvalue weighted by Crippen LogP contribution is -2.56. The number of nitrogens with two attached hydrogens (primary N) is 1. The van der Waals surface area contributed by atoms with Gasteiger partial charge in [-0.25, -0.2) is 0 Å². The Hall–Kier alpha value is -1.81. The van der Waals surface area contributed by atoms with Gasteiger partial charge in [-0.2, -0.15) is 0 Å². The Morgan fingerprint density at radius 1 is 1.35 bits per heavy atom. The second-order valence-corrected chi connectivity index (χ2v) is 4.74. The maximum Gasteiger partial charge on any atom is 0.244 e. The van der Waals surface area contributed by atoms with Gasteiger partial charge in [-0.1, -0.05) is 0 Å². The van der Waals surface area contributed by atoms with E-state index in [4.69, 9.17) is 5.73 Å². The van der Waals surface area contributed by atoms with Gasteiger partial charge < -0.3 is 16.0 Å². The number of hydrogen-bond acceptors (Lipinski definition) is 2. The Morgan fingerprint density at radius 2 is 2.18 bits per heavy atom. The van der Waals surface area contributed by atoms with E-state index >= 15 is 0 Å². The monoisotopic (exact) mass is 229 g/mol. The number of amides is 1. The maximum atomic E-state index is 11.9. The SMILES string of the molecule is NC1(C(=O)Nc2ccc3[nH]ccc3c2)CCC1. The van der Waals surface area contributed by atoms with Gasteiger partial charge >= 0.3 is 0 Å². The molecule has 0 radical (unpaired) electrons. The van der Waals surface area contributed by atoms with E-state index in [1.165, 1.54) is 0 Å². The molecular weight excluding hydrogens is 214 g/mol. The van der Waals surface area contributed by atoms with Gasteiger partial charge in [0.25, 0.3) is 0 Å². The van der Waals surface area contributed by atoms with Crippen LogP contribution in [-0.2, 0) is 4.79 Å². The average Bonchev–Trinajstić information content (AvgIpc) is 2.73. The molecule has 1 aliphatic carbocycles. The molecule has 88 valence electrons. The molecule has 0 atom stereocenters. The van der Waals surface area contributed by atoms with Crippen LogP contribution in [0, 0.1) is 0 Å². The number of benzene rings is 1. The molecule has 2 aromatic rings. The van der Waals surface area contributed by atoms with Crippen LogP contribution >= 0.6 is 0 Å². The average molecular weight is 229 g/mol. The molecule has 0 spiro atoms. The van der Waals surface area contributed by atoms with Gasteiger partial charge in [-0.05, 0) is 43.5 Å². The first kappa shape index (κ1) is 10.4. The quantitative estimate of drug-likeness (QED) is 0.737. The summed E-state index contributed by atoms with van der Waals surface area (Å²) in [5, 5.41) is 3.97. The van der Waals surface area contributed by atoms with Crippen LogP contribution < -0.4 is 11.1 Å². The van der Waals surface area contributed by atoms with Crippen molar-refractivity contribution in [3.63, 3.8) is 0 Å². The number of anilines is 1. The third-order valence-corrected chi connectivity index (χ3v) is 3.51. The number of hydrogen-bond donors (Lipinski definition) is 3. The molecule has 4 heteroatoms. The Balaban J connectivity index is 1.82. The first-order valence-electron chi connectivity index (χ1n) is 5.85. The van der Waals surface area contributed by atoms with Crippen molar-refractivity contribution in [3.05, 3.63) is 30.5 Å². The van der Waals surface area contributed by atoms with Crippen LogP contribution in [0.15, 0.2) is 30.5 Å². The summed E-state index contributed by atoms with van der Waals surface area (Å²) in [6, 6.07) is 7.77. The number of aromatic nitrogens is 1. The topological polar surface area (TPSA) is 70.9 Å². The zero-order chi connectivity index (χ0) is 11.9. The predicted molar refractivity (Wildman–Crippen MR) is 67.7 cm³/mol. The van der Waals surface area contributed by atoms with E-state index in [1.807, 2.05) is 30.5 Å². The van der Waals surface area contributed by atoms with Crippen LogP contribution in [0.25, 0.3) is 10.9 Å². The number of fused-ring (bicyclic) bond motifs is 1. The fourth-order valence-corrected chi connectivity index (χ4v) is 2.17. The van der Waals surface area contributed by atoms with E-state index in [-0.39, 0.29) is 5.91 Å². The summed E-state index contributed by atoms with van der Waals surface area (Å²) in [6.07, 6.45) is 4.49. The summed E-state index contributed by atoms with van der Waals surface area (Å²) in [7, 11) is 0. The molecule has 17 heavy (non-hydrogen) atoms. The number of nitrogens with one attached hydrogen (secondary N) is 2. The minimum absolute atomic E-state index is 0.0707. The predicted octanol–water partition coefficient (Wildman–Crippen LogP) is 1.99. The molecule has 0 unspecified atom stereocenters. The van der Waals surface area contributed by atoms with Crippen molar-refractivity contribution in [3.8, 4) is 0 Å². The molecule has 4 nitrogen and oxygen atoms in total. The van der Waals surface area contributed by atoms with E-state index in [1.54, 1.807) is 0 Å². The van der Waals surface area contributed by atoms with E-state index in [2.05, 4.69) is 10.3 Å². The summed E-state index contributed by atoms with van der Waals surface area (Å²) < 4.78 is 0. The second kappa shape index (κ2) is 3.60. The Morgan fingerprint density at radius 3 is 2.88 bits per heavy atom. The maximum absolute atomic E-state index is 11.9. The fraction of sp³-hybridized carbons (Fsp3) is 0.308. The van der Waals surface area contributed by atoms with Gasteiger partial charge in [0, 0.05) is 22.8 Å². The molecule has 1 aromatic carbocycles. The summed E-state index contributed by atoms with van der Waals surface area (Å²) in [4.78, 5) is 15.1. The van der Waals surface area contributed by atoms with Crippen molar-refractivity contribution in [2.45, 2.75) is 24.8 Å². The standard InChI is InChI=1S/C13H15N3O/c14-13(5-1-6-13)12(17)16-10-2-3-11-9(8-10)4-7-15-11/h2-4,7-8,15H,1,5-6,14H2,(H,16,17). The lowest BCUT2D eigenvalue weighted by atomic mass is 9.77. The van der Waals surface area contributed by atoms with Crippen LogP contribution in [0.3, 0.4) is 0 Å². The van der Waals surface area contributed by atoms with E-state index in [0.29, 0.717) is 0 Å². The van der Waals surface area contributed by atoms with E-state index in [0.717, 1.165) is 35.9 Å².